The first kappa shape index (κ1) is 12.9. The fraction of sp³-hybridized carbons (Fsp3) is 0.833. The van der Waals surface area contributed by atoms with Crippen LogP contribution in [-0.2, 0) is 4.74 Å². The van der Waals surface area contributed by atoms with Gasteiger partial charge in [0.1, 0.15) is 0 Å². The molecule has 2 heterocycles. The molecule has 1 N–H and O–H groups in total. The fourth-order valence-electron chi connectivity index (χ4n) is 2.55. The lowest BCUT2D eigenvalue weighted by Crippen LogP contribution is -2.49. The largest absolute Gasteiger partial charge is 0.375 e. The molecule has 1 spiro atoms. The molecule has 1 atom stereocenters. The van der Waals surface area contributed by atoms with Gasteiger partial charge in [0.2, 0.25) is 0 Å². The summed E-state index contributed by atoms with van der Waals surface area (Å²) >= 11 is 5.46. The van der Waals surface area contributed by atoms with Crippen molar-refractivity contribution in [3.05, 3.63) is 11.1 Å². The summed E-state index contributed by atoms with van der Waals surface area (Å²) in [6.07, 6.45) is 4.76. The summed E-state index contributed by atoms with van der Waals surface area (Å²) in [4.78, 5) is 0. The summed E-state index contributed by atoms with van der Waals surface area (Å²) in [5.41, 5.74) is 0.189. The molecule has 0 aliphatic carbocycles. The van der Waals surface area contributed by atoms with Crippen molar-refractivity contribution in [3.63, 3.8) is 0 Å². The van der Waals surface area contributed by atoms with Crippen LogP contribution in [0.15, 0.2) is 11.1 Å². The Kier molecular flexibility index (Phi) is 4.76. The Hall–Kier alpha value is 0.490. The number of nitrogens with one attached hydrogen (secondary N) is 1. The first-order valence-electron chi connectivity index (χ1n) is 5.99. The Bertz CT molecular complexity index is 248. The highest BCUT2D eigenvalue weighted by atomic mass is 79.9. The molecule has 0 bridgehead atoms. The molecule has 4 heteroatoms. The minimum Gasteiger partial charge on any atom is -0.375 e. The smallest absolute Gasteiger partial charge is 0.0713 e. The van der Waals surface area contributed by atoms with E-state index in [9.17, 15) is 0 Å². The third kappa shape index (κ3) is 3.49. The van der Waals surface area contributed by atoms with Crippen molar-refractivity contribution in [2.45, 2.75) is 37.3 Å². The maximum absolute atomic E-state index is 6.06. The molecule has 16 heavy (non-hydrogen) atoms. The molecule has 0 saturated carbocycles. The SMILES string of the molecule is C=C(Br)CNC1CCOC2(CCSCC2)C1. The Balaban J connectivity index is 1.85. The van der Waals surface area contributed by atoms with Gasteiger partial charge in [-0.1, -0.05) is 22.5 Å². The van der Waals surface area contributed by atoms with Gasteiger partial charge in [0.15, 0.2) is 0 Å². The van der Waals surface area contributed by atoms with Crippen molar-refractivity contribution in [1.82, 2.24) is 5.32 Å². The van der Waals surface area contributed by atoms with Gasteiger partial charge in [0, 0.05) is 23.7 Å². The molecule has 0 aromatic rings. The first-order valence-corrected chi connectivity index (χ1v) is 7.93. The van der Waals surface area contributed by atoms with Gasteiger partial charge in [0.05, 0.1) is 5.60 Å². The minimum atomic E-state index is 0.189. The minimum absolute atomic E-state index is 0.189. The summed E-state index contributed by atoms with van der Waals surface area (Å²) in [5.74, 6) is 2.52. The molecular formula is C12H20BrNOS. The lowest BCUT2D eigenvalue weighted by molar-refractivity contribution is -0.0927. The quantitative estimate of drug-likeness (QED) is 0.866. The molecule has 2 fully saturated rings. The zero-order chi connectivity index (χ0) is 11.4. The highest BCUT2D eigenvalue weighted by Gasteiger charge is 2.38. The van der Waals surface area contributed by atoms with Gasteiger partial charge in [-0.2, -0.15) is 11.8 Å². The van der Waals surface area contributed by atoms with Crippen LogP contribution in [-0.4, -0.2) is 36.3 Å². The van der Waals surface area contributed by atoms with Gasteiger partial charge < -0.3 is 10.1 Å². The average Bonchev–Trinajstić information content (AvgIpc) is 2.28. The van der Waals surface area contributed by atoms with Crippen LogP contribution in [0.3, 0.4) is 0 Å². The third-order valence-electron chi connectivity index (χ3n) is 3.48. The van der Waals surface area contributed by atoms with Crippen LogP contribution in [0.5, 0.6) is 0 Å². The molecule has 92 valence electrons. The van der Waals surface area contributed by atoms with E-state index in [1.807, 2.05) is 0 Å². The molecule has 0 amide bonds. The molecule has 2 aliphatic heterocycles. The zero-order valence-electron chi connectivity index (χ0n) is 9.64. The zero-order valence-corrected chi connectivity index (χ0v) is 12.0. The molecule has 0 aromatic carbocycles. The molecule has 0 radical (unpaired) electrons. The van der Waals surface area contributed by atoms with E-state index in [-0.39, 0.29) is 5.60 Å². The number of rotatable bonds is 3. The highest BCUT2D eigenvalue weighted by molar-refractivity contribution is 9.11. The fourth-order valence-corrected chi connectivity index (χ4v) is 3.95. The van der Waals surface area contributed by atoms with Crippen molar-refractivity contribution in [2.75, 3.05) is 24.7 Å². The second kappa shape index (κ2) is 5.89. The second-order valence-electron chi connectivity index (χ2n) is 4.73. The van der Waals surface area contributed by atoms with E-state index in [0.29, 0.717) is 6.04 Å². The third-order valence-corrected chi connectivity index (χ3v) is 4.75. The van der Waals surface area contributed by atoms with Gasteiger partial charge in [-0.05, 0) is 37.2 Å². The van der Waals surface area contributed by atoms with Crippen molar-refractivity contribution in [1.29, 1.82) is 0 Å². The number of hydrogen-bond acceptors (Lipinski definition) is 3. The van der Waals surface area contributed by atoms with Crippen LogP contribution in [0.4, 0.5) is 0 Å². The lowest BCUT2D eigenvalue weighted by atomic mass is 9.85. The molecule has 0 aromatic heterocycles. The predicted octanol–water partition coefficient (Wildman–Crippen LogP) is 2.93. The Morgan fingerprint density at radius 3 is 2.94 bits per heavy atom. The van der Waals surface area contributed by atoms with E-state index in [4.69, 9.17) is 4.74 Å². The molecule has 2 saturated heterocycles. The number of hydrogen-bond donors (Lipinski definition) is 1. The summed E-state index contributed by atoms with van der Waals surface area (Å²) in [7, 11) is 0. The molecule has 2 rings (SSSR count). The maximum Gasteiger partial charge on any atom is 0.0713 e. The Morgan fingerprint density at radius 1 is 1.50 bits per heavy atom. The standard InChI is InChI=1S/C12H20BrNOS/c1-10(13)9-14-11-2-5-15-12(8-11)3-6-16-7-4-12/h11,14H,1-9H2. The van der Waals surface area contributed by atoms with Crippen LogP contribution in [0, 0.1) is 0 Å². The number of ether oxygens (including phenoxy) is 1. The summed E-state index contributed by atoms with van der Waals surface area (Å²) in [5, 5.41) is 3.56. The average molecular weight is 306 g/mol. The van der Waals surface area contributed by atoms with E-state index in [2.05, 4.69) is 39.6 Å². The molecular weight excluding hydrogens is 286 g/mol. The molecule has 2 aliphatic rings. The lowest BCUT2D eigenvalue weighted by Gasteiger charge is -2.43. The second-order valence-corrected chi connectivity index (χ2v) is 7.08. The van der Waals surface area contributed by atoms with Gasteiger partial charge in [-0.25, -0.2) is 0 Å². The van der Waals surface area contributed by atoms with Crippen LogP contribution < -0.4 is 5.32 Å². The van der Waals surface area contributed by atoms with E-state index in [1.54, 1.807) is 0 Å². The van der Waals surface area contributed by atoms with E-state index >= 15 is 0 Å². The van der Waals surface area contributed by atoms with Crippen molar-refractivity contribution >= 4 is 27.7 Å². The first-order chi connectivity index (χ1) is 7.70. The Morgan fingerprint density at radius 2 is 2.25 bits per heavy atom. The number of thioether (sulfide) groups is 1. The van der Waals surface area contributed by atoms with Crippen molar-refractivity contribution < 1.29 is 4.74 Å². The van der Waals surface area contributed by atoms with Crippen LogP contribution >= 0.6 is 27.7 Å². The van der Waals surface area contributed by atoms with Gasteiger partial charge in [0.25, 0.3) is 0 Å². The van der Waals surface area contributed by atoms with Crippen LogP contribution in [0.25, 0.3) is 0 Å². The van der Waals surface area contributed by atoms with Crippen molar-refractivity contribution in [3.8, 4) is 0 Å². The maximum atomic E-state index is 6.06. The predicted molar refractivity (Wildman–Crippen MR) is 74.3 cm³/mol. The highest BCUT2D eigenvalue weighted by Crippen LogP contribution is 2.37. The summed E-state index contributed by atoms with van der Waals surface area (Å²) < 4.78 is 7.09. The molecule has 1 unspecified atom stereocenters. The van der Waals surface area contributed by atoms with E-state index < -0.39 is 0 Å². The monoisotopic (exact) mass is 305 g/mol. The van der Waals surface area contributed by atoms with Crippen LogP contribution in [0.2, 0.25) is 0 Å². The van der Waals surface area contributed by atoms with Crippen molar-refractivity contribution in [2.24, 2.45) is 0 Å². The Labute approximate surface area is 111 Å². The van der Waals surface area contributed by atoms with Gasteiger partial charge in [-0.15, -0.1) is 0 Å². The van der Waals surface area contributed by atoms with E-state index in [1.165, 1.54) is 30.8 Å². The topological polar surface area (TPSA) is 21.3 Å². The normalized spacial score (nSPS) is 29.2. The van der Waals surface area contributed by atoms with Gasteiger partial charge >= 0.3 is 0 Å². The summed E-state index contributed by atoms with van der Waals surface area (Å²) in [6.45, 7) is 5.65. The van der Waals surface area contributed by atoms with Gasteiger partial charge in [-0.3, -0.25) is 0 Å². The van der Waals surface area contributed by atoms with Crippen LogP contribution in [0.1, 0.15) is 25.7 Å². The van der Waals surface area contributed by atoms with E-state index in [0.717, 1.165) is 24.1 Å². The summed E-state index contributed by atoms with van der Waals surface area (Å²) in [6, 6.07) is 0.603. The number of halogens is 1. The molecule has 2 nitrogen and oxygen atoms in total.